The number of anilines is 1. The summed E-state index contributed by atoms with van der Waals surface area (Å²) in [6.07, 6.45) is 2.98. The molecule has 0 bridgehead atoms. The molecule has 8 heteroatoms. The lowest BCUT2D eigenvalue weighted by molar-refractivity contribution is 0.0475. The Morgan fingerprint density at radius 1 is 1.13 bits per heavy atom. The van der Waals surface area contributed by atoms with E-state index in [1.165, 1.54) is 34.1 Å². The summed E-state index contributed by atoms with van der Waals surface area (Å²) in [5.41, 5.74) is 1.80. The van der Waals surface area contributed by atoms with Gasteiger partial charge in [0.15, 0.2) is 0 Å². The zero-order chi connectivity index (χ0) is 21.7. The maximum atomic E-state index is 14.7. The van der Waals surface area contributed by atoms with E-state index in [-0.39, 0.29) is 46.8 Å². The molecule has 3 heterocycles. The molecular weight excluding hydrogens is 467 g/mol. The first-order valence-corrected chi connectivity index (χ1v) is 11.1. The summed E-state index contributed by atoms with van der Waals surface area (Å²) < 4.78 is 20.9. The molecule has 1 saturated heterocycles. The van der Waals surface area contributed by atoms with Gasteiger partial charge in [0.25, 0.3) is 17.7 Å². The molecule has 3 amide bonds. The van der Waals surface area contributed by atoms with Crippen LogP contribution in [-0.4, -0.2) is 48.4 Å². The van der Waals surface area contributed by atoms with Gasteiger partial charge in [0.1, 0.15) is 5.82 Å². The van der Waals surface area contributed by atoms with Crippen LogP contribution in [0.15, 0.2) is 34.8 Å². The van der Waals surface area contributed by atoms with Gasteiger partial charge < -0.3 is 9.64 Å². The number of rotatable bonds is 3. The molecule has 0 saturated carbocycles. The summed E-state index contributed by atoms with van der Waals surface area (Å²) in [5.74, 6) is -1.64. The molecular formula is C23H20BrFN2O4. The van der Waals surface area contributed by atoms with Crippen LogP contribution in [0, 0.1) is 5.82 Å². The third kappa shape index (κ3) is 3.47. The van der Waals surface area contributed by atoms with E-state index in [9.17, 15) is 18.8 Å². The number of ether oxygens (including phenoxy) is 1. The molecule has 31 heavy (non-hydrogen) atoms. The van der Waals surface area contributed by atoms with Crippen molar-refractivity contribution < 1.29 is 23.5 Å². The second-order valence-corrected chi connectivity index (χ2v) is 8.99. The molecule has 1 fully saturated rings. The standard InChI is InChI=1S/C23H20BrFN2O4/c24-15-9-13-3-1-7-26(20(13)19(25)11-15)21(28)14-5-6-17-18(10-14)23(30)27(22(17)29)12-16-4-2-8-31-16/h5-6,9-11,16H,1-4,7-8,12H2. The number of carbonyl (C=O) groups excluding carboxylic acids is 3. The Morgan fingerprint density at radius 3 is 2.71 bits per heavy atom. The number of amides is 3. The Hall–Kier alpha value is -2.58. The van der Waals surface area contributed by atoms with E-state index in [0.29, 0.717) is 30.5 Å². The second kappa shape index (κ2) is 7.84. The van der Waals surface area contributed by atoms with Gasteiger partial charge in [0.05, 0.1) is 29.5 Å². The number of hydrogen-bond donors (Lipinski definition) is 0. The number of imide groups is 1. The summed E-state index contributed by atoms with van der Waals surface area (Å²) in [6, 6.07) is 7.68. The minimum atomic E-state index is -0.465. The van der Waals surface area contributed by atoms with Crippen LogP contribution in [0.25, 0.3) is 0 Å². The van der Waals surface area contributed by atoms with Crippen LogP contribution in [0.2, 0.25) is 0 Å². The van der Waals surface area contributed by atoms with E-state index >= 15 is 0 Å². The van der Waals surface area contributed by atoms with Gasteiger partial charge in [-0.05, 0) is 61.6 Å². The average molecular weight is 487 g/mol. The highest BCUT2D eigenvalue weighted by molar-refractivity contribution is 9.10. The van der Waals surface area contributed by atoms with Crippen molar-refractivity contribution in [3.63, 3.8) is 0 Å². The van der Waals surface area contributed by atoms with Crippen LogP contribution in [0.3, 0.4) is 0 Å². The summed E-state index contributed by atoms with van der Waals surface area (Å²) >= 11 is 3.30. The molecule has 6 nitrogen and oxygen atoms in total. The van der Waals surface area contributed by atoms with Crippen molar-refractivity contribution in [3.8, 4) is 0 Å². The third-order valence-electron chi connectivity index (χ3n) is 6.08. The van der Waals surface area contributed by atoms with Crippen LogP contribution in [0.5, 0.6) is 0 Å². The number of aryl methyl sites for hydroxylation is 1. The second-order valence-electron chi connectivity index (χ2n) is 8.07. The van der Waals surface area contributed by atoms with Crippen molar-refractivity contribution in [1.29, 1.82) is 0 Å². The van der Waals surface area contributed by atoms with Crippen molar-refractivity contribution in [2.75, 3.05) is 24.6 Å². The van der Waals surface area contributed by atoms with Crippen molar-refractivity contribution >= 4 is 39.3 Å². The quantitative estimate of drug-likeness (QED) is 0.615. The zero-order valence-electron chi connectivity index (χ0n) is 16.7. The fourth-order valence-corrected chi connectivity index (χ4v) is 5.07. The molecule has 0 N–H and O–H groups in total. The molecule has 2 aromatic rings. The van der Waals surface area contributed by atoms with Crippen LogP contribution in [-0.2, 0) is 11.2 Å². The molecule has 0 aromatic heterocycles. The summed E-state index contributed by atoms with van der Waals surface area (Å²) in [7, 11) is 0. The average Bonchev–Trinajstić information content (AvgIpc) is 3.35. The van der Waals surface area contributed by atoms with Crippen LogP contribution in [0.4, 0.5) is 10.1 Å². The maximum Gasteiger partial charge on any atom is 0.261 e. The molecule has 1 atom stereocenters. The Kier molecular flexibility index (Phi) is 5.14. The van der Waals surface area contributed by atoms with Crippen molar-refractivity contribution in [2.45, 2.75) is 31.8 Å². The minimum Gasteiger partial charge on any atom is -0.376 e. The van der Waals surface area contributed by atoms with Crippen molar-refractivity contribution in [2.24, 2.45) is 0 Å². The molecule has 3 aliphatic heterocycles. The Labute approximate surface area is 187 Å². The number of fused-ring (bicyclic) bond motifs is 2. The Morgan fingerprint density at radius 2 is 1.94 bits per heavy atom. The summed E-state index contributed by atoms with van der Waals surface area (Å²) in [5, 5.41) is 0. The molecule has 5 rings (SSSR count). The molecule has 0 radical (unpaired) electrons. The van der Waals surface area contributed by atoms with Gasteiger partial charge in [-0.1, -0.05) is 15.9 Å². The van der Waals surface area contributed by atoms with Crippen LogP contribution < -0.4 is 4.90 Å². The minimum absolute atomic E-state index is 0.143. The van der Waals surface area contributed by atoms with Gasteiger partial charge in [-0.2, -0.15) is 0 Å². The Balaban J connectivity index is 1.44. The van der Waals surface area contributed by atoms with E-state index in [2.05, 4.69) is 15.9 Å². The van der Waals surface area contributed by atoms with Gasteiger partial charge in [0, 0.05) is 23.2 Å². The van der Waals surface area contributed by atoms with Crippen molar-refractivity contribution in [1.82, 2.24) is 4.90 Å². The lowest BCUT2D eigenvalue weighted by Gasteiger charge is -2.30. The fourth-order valence-electron chi connectivity index (χ4n) is 4.59. The predicted octanol–water partition coefficient (Wildman–Crippen LogP) is 3.96. The van der Waals surface area contributed by atoms with E-state index in [4.69, 9.17) is 4.74 Å². The molecule has 1 unspecified atom stereocenters. The number of halogens is 2. The first-order valence-electron chi connectivity index (χ1n) is 10.4. The number of hydrogen-bond acceptors (Lipinski definition) is 4. The SMILES string of the molecule is O=C1c2ccc(C(=O)N3CCCc4cc(Br)cc(F)c43)cc2C(=O)N1CC1CCCO1. The highest BCUT2D eigenvalue weighted by atomic mass is 79.9. The lowest BCUT2D eigenvalue weighted by atomic mass is 9.99. The zero-order valence-corrected chi connectivity index (χ0v) is 18.3. The van der Waals surface area contributed by atoms with E-state index < -0.39 is 11.7 Å². The first-order chi connectivity index (χ1) is 14.9. The molecule has 3 aliphatic rings. The highest BCUT2D eigenvalue weighted by Gasteiger charge is 2.38. The lowest BCUT2D eigenvalue weighted by Crippen LogP contribution is -2.37. The van der Waals surface area contributed by atoms with Crippen LogP contribution in [0.1, 0.15) is 55.9 Å². The molecule has 160 valence electrons. The molecule has 0 spiro atoms. The highest BCUT2D eigenvalue weighted by Crippen LogP contribution is 2.34. The monoisotopic (exact) mass is 486 g/mol. The summed E-state index contributed by atoms with van der Waals surface area (Å²) in [6.45, 7) is 1.24. The van der Waals surface area contributed by atoms with E-state index in [1.54, 1.807) is 0 Å². The van der Waals surface area contributed by atoms with E-state index in [1.807, 2.05) is 6.07 Å². The Bertz CT molecular complexity index is 1110. The third-order valence-corrected chi connectivity index (χ3v) is 6.54. The smallest absolute Gasteiger partial charge is 0.261 e. The van der Waals surface area contributed by atoms with Gasteiger partial charge in [-0.3, -0.25) is 19.3 Å². The fraction of sp³-hybridized carbons (Fsp3) is 0.348. The summed E-state index contributed by atoms with van der Waals surface area (Å²) in [4.78, 5) is 41.5. The maximum absolute atomic E-state index is 14.7. The van der Waals surface area contributed by atoms with Crippen LogP contribution >= 0.6 is 15.9 Å². The van der Waals surface area contributed by atoms with Gasteiger partial charge in [-0.15, -0.1) is 0 Å². The normalized spacial score (nSPS) is 20.3. The van der Waals surface area contributed by atoms with Gasteiger partial charge >= 0.3 is 0 Å². The largest absolute Gasteiger partial charge is 0.376 e. The van der Waals surface area contributed by atoms with Crippen molar-refractivity contribution in [3.05, 3.63) is 62.9 Å². The number of carbonyl (C=O) groups is 3. The topological polar surface area (TPSA) is 66.9 Å². The van der Waals surface area contributed by atoms with E-state index in [0.717, 1.165) is 18.4 Å². The number of nitrogens with zero attached hydrogens (tertiary/aromatic N) is 2. The predicted molar refractivity (Wildman–Crippen MR) is 115 cm³/mol. The first kappa shape index (κ1) is 20.3. The molecule has 0 aliphatic carbocycles. The molecule has 2 aromatic carbocycles. The van der Waals surface area contributed by atoms with Gasteiger partial charge in [0.2, 0.25) is 0 Å². The number of benzene rings is 2. The van der Waals surface area contributed by atoms with Gasteiger partial charge in [-0.25, -0.2) is 4.39 Å².